The number of halogens is 3. The molecule has 2 atom stereocenters. The number of rotatable bonds is 5. The molecule has 2 fully saturated rings. The highest BCUT2D eigenvalue weighted by Crippen LogP contribution is 2.40. The molecule has 1 aromatic heterocycles. The van der Waals surface area contributed by atoms with Crippen LogP contribution in [0.4, 0.5) is 18.9 Å². The maximum atomic E-state index is 12.7. The molecule has 5 rings (SSSR count). The number of epoxide rings is 1. The molecule has 3 heterocycles. The van der Waals surface area contributed by atoms with E-state index in [-0.39, 0.29) is 18.1 Å². The van der Waals surface area contributed by atoms with E-state index in [0.717, 1.165) is 47.6 Å². The molecule has 0 N–H and O–H groups in total. The van der Waals surface area contributed by atoms with E-state index in [1.165, 1.54) is 6.07 Å². The van der Waals surface area contributed by atoms with E-state index in [9.17, 15) is 13.2 Å². The van der Waals surface area contributed by atoms with Gasteiger partial charge in [-0.15, -0.1) is 0 Å². The van der Waals surface area contributed by atoms with Gasteiger partial charge in [0.15, 0.2) is 0 Å². The third-order valence-electron chi connectivity index (χ3n) is 5.65. The van der Waals surface area contributed by atoms with Crippen molar-refractivity contribution >= 4 is 5.69 Å². The Morgan fingerprint density at radius 1 is 1.00 bits per heavy atom. The van der Waals surface area contributed by atoms with E-state index >= 15 is 0 Å². The highest BCUT2D eigenvalue weighted by molar-refractivity contribution is 5.70. The summed E-state index contributed by atoms with van der Waals surface area (Å²) in [5.41, 5.74) is 3.81. The first-order valence-electron chi connectivity index (χ1n) is 10.2. The summed E-state index contributed by atoms with van der Waals surface area (Å²) in [5.74, 6) is 0.213. The van der Waals surface area contributed by atoms with Crippen LogP contribution in [0.25, 0.3) is 11.1 Å². The molecule has 3 aromatic rings. The van der Waals surface area contributed by atoms with Crippen molar-refractivity contribution in [1.29, 1.82) is 0 Å². The minimum atomic E-state index is -4.40. The second kappa shape index (κ2) is 7.89. The number of pyridine rings is 1. The first-order chi connectivity index (χ1) is 15.0. The van der Waals surface area contributed by atoms with Crippen LogP contribution in [0.5, 0.6) is 5.88 Å². The van der Waals surface area contributed by atoms with E-state index < -0.39 is 11.7 Å². The van der Waals surface area contributed by atoms with Gasteiger partial charge < -0.3 is 14.4 Å². The topological polar surface area (TPSA) is 37.9 Å². The average molecular weight is 426 g/mol. The standard InChI is InChI=1S/C24H21F3N2O2/c25-24(26,27)18-7-9-23(28-13-18)31-19-10-11-29(14-19)21-8-6-17(12-20(21)22-15-30-22)16-4-2-1-3-5-16/h1-9,12-13,19,22H,10-11,14-15H2/t19-,22?/m0/s1. The van der Waals surface area contributed by atoms with Crippen molar-refractivity contribution < 1.29 is 22.6 Å². The number of hydrogen-bond donors (Lipinski definition) is 0. The van der Waals surface area contributed by atoms with Crippen LogP contribution in [0.15, 0.2) is 66.9 Å². The van der Waals surface area contributed by atoms with Crippen LogP contribution in [0.1, 0.15) is 23.7 Å². The van der Waals surface area contributed by atoms with Crippen molar-refractivity contribution in [3.8, 4) is 17.0 Å². The van der Waals surface area contributed by atoms with Crippen molar-refractivity contribution in [3.63, 3.8) is 0 Å². The van der Waals surface area contributed by atoms with Gasteiger partial charge in [0.1, 0.15) is 12.2 Å². The van der Waals surface area contributed by atoms with E-state index in [0.29, 0.717) is 13.2 Å². The molecule has 2 aliphatic heterocycles. The predicted octanol–water partition coefficient (Wildman–Crippen LogP) is 5.50. The zero-order valence-corrected chi connectivity index (χ0v) is 16.7. The lowest BCUT2D eigenvalue weighted by Gasteiger charge is -2.22. The molecule has 2 aliphatic rings. The molecule has 4 nitrogen and oxygen atoms in total. The molecule has 31 heavy (non-hydrogen) atoms. The van der Waals surface area contributed by atoms with Crippen molar-refractivity contribution in [3.05, 3.63) is 78.0 Å². The highest BCUT2D eigenvalue weighted by atomic mass is 19.4. The third kappa shape index (κ3) is 4.37. The van der Waals surface area contributed by atoms with Crippen LogP contribution in [0.3, 0.4) is 0 Å². The molecule has 2 saturated heterocycles. The Morgan fingerprint density at radius 2 is 1.81 bits per heavy atom. The SMILES string of the molecule is FC(F)(F)c1ccc(O[C@H]2CCN(c3ccc(-c4ccccc4)cc3C3CO3)C2)nc1. The number of nitrogens with zero attached hydrogens (tertiary/aromatic N) is 2. The van der Waals surface area contributed by atoms with Crippen LogP contribution in [0.2, 0.25) is 0 Å². The monoisotopic (exact) mass is 426 g/mol. The van der Waals surface area contributed by atoms with Gasteiger partial charge in [0, 0.05) is 36.5 Å². The van der Waals surface area contributed by atoms with Gasteiger partial charge in [-0.1, -0.05) is 36.4 Å². The van der Waals surface area contributed by atoms with Crippen LogP contribution in [-0.2, 0) is 10.9 Å². The summed E-state index contributed by atoms with van der Waals surface area (Å²) >= 11 is 0. The largest absolute Gasteiger partial charge is 0.472 e. The average Bonchev–Trinajstić information content (AvgIpc) is 3.53. The van der Waals surface area contributed by atoms with Crippen molar-refractivity contribution in [2.24, 2.45) is 0 Å². The summed E-state index contributed by atoms with van der Waals surface area (Å²) in [6.45, 7) is 2.16. The molecule has 0 bridgehead atoms. The summed E-state index contributed by atoms with van der Waals surface area (Å²) < 4.78 is 49.6. The minimum absolute atomic E-state index is 0.107. The number of alkyl halides is 3. The van der Waals surface area contributed by atoms with E-state index in [1.54, 1.807) is 0 Å². The summed E-state index contributed by atoms with van der Waals surface area (Å²) in [4.78, 5) is 6.08. The Balaban J connectivity index is 1.30. The Kier molecular flexibility index (Phi) is 5.06. The summed E-state index contributed by atoms with van der Waals surface area (Å²) in [6.07, 6.45) is -2.84. The Bertz CT molecular complexity index is 1050. The quantitative estimate of drug-likeness (QED) is 0.505. The van der Waals surface area contributed by atoms with Gasteiger partial charge in [0.2, 0.25) is 5.88 Å². The molecule has 0 radical (unpaired) electrons. The molecule has 160 valence electrons. The van der Waals surface area contributed by atoms with Crippen molar-refractivity contribution in [1.82, 2.24) is 4.98 Å². The maximum Gasteiger partial charge on any atom is 0.417 e. The number of benzene rings is 2. The molecule has 0 amide bonds. The Morgan fingerprint density at radius 3 is 2.48 bits per heavy atom. The van der Waals surface area contributed by atoms with Gasteiger partial charge in [-0.05, 0) is 29.3 Å². The molecular weight excluding hydrogens is 405 g/mol. The fourth-order valence-electron chi connectivity index (χ4n) is 3.97. The van der Waals surface area contributed by atoms with Gasteiger partial charge in [0.05, 0.1) is 18.7 Å². The van der Waals surface area contributed by atoms with E-state index in [2.05, 4.69) is 40.2 Å². The zero-order valence-electron chi connectivity index (χ0n) is 16.7. The van der Waals surface area contributed by atoms with E-state index in [4.69, 9.17) is 9.47 Å². The molecule has 7 heteroatoms. The third-order valence-corrected chi connectivity index (χ3v) is 5.65. The first-order valence-corrected chi connectivity index (χ1v) is 10.2. The van der Waals surface area contributed by atoms with Crippen LogP contribution < -0.4 is 9.64 Å². The molecule has 2 aromatic carbocycles. The smallest absolute Gasteiger partial charge is 0.417 e. The second-order valence-corrected chi connectivity index (χ2v) is 7.82. The lowest BCUT2D eigenvalue weighted by atomic mass is 10.00. The Labute approximate surface area is 178 Å². The fraction of sp³-hybridized carbons (Fsp3) is 0.292. The lowest BCUT2D eigenvalue weighted by Crippen LogP contribution is -2.25. The second-order valence-electron chi connectivity index (χ2n) is 7.82. The van der Waals surface area contributed by atoms with Gasteiger partial charge >= 0.3 is 6.18 Å². The number of aromatic nitrogens is 1. The predicted molar refractivity (Wildman–Crippen MR) is 111 cm³/mol. The lowest BCUT2D eigenvalue weighted by molar-refractivity contribution is -0.137. The van der Waals surface area contributed by atoms with Crippen LogP contribution >= 0.6 is 0 Å². The molecule has 1 unspecified atom stereocenters. The molecular formula is C24H21F3N2O2. The molecule has 0 aliphatic carbocycles. The normalized spacial score (nSPS) is 20.7. The van der Waals surface area contributed by atoms with Gasteiger partial charge in [-0.25, -0.2) is 4.98 Å². The summed E-state index contributed by atoms with van der Waals surface area (Å²) in [7, 11) is 0. The fourth-order valence-corrected chi connectivity index (χ4v) is 3.97. The molecule has 0 saturated carbocycles. The summed E-state index contributed by atoms with van der Waals surface area (Å²) in [5, 5.41) is 0. The van der Waals surface area contributed by atoms with Gasteiger partial charge in [0.25, 0.3) is 0 Å². The highest BCUT2D eigenvalue weighted by Gasteiger charge is 2.33. The zero-order chi connectivity index (χ0) is 21.4. The van der Waals surface area contributed by atoms with Crippen molar-refractivity contribution in [2.75, 3.05) is 24.6 Å². The summed E-state index contributed by atoms with van der Waals surface area (Å²) in [6, 6.07) is 18.9. The van der Waals surface area contributed by atoms with Crippen LogP contribution in [0, 0.1) is 0 Å². The Hall–Kier alpha value is -3.06. The maximum absolute atomic E-state index is 12.7. The number of anilines is 1. The van der Waals surface area contributed by atoms with Gasteiger partial charge in [-0.2, -0.15) is 13.2 Å². The van der Waals surface area contributed by atoms with Crippen molar-refractivity contribution in [2.45, 2.75) is 24.8 Å². The van der Waals surface area contributed by atoms with Crippen LogP contribution in [-0.4, -0.2) is 30.8 Å². The van der Waals surface area contributed by atoms with Gasteiger partial charge in [-0.3, -0.25) is 0 Å². The first kappa shape index (κ1) is 19.9. The number of hydrogen-bond acceptors (Lipinski definition) is 4. The molecule has 0 spiro atoms. The minimum Gasteiger partial charge on any atom is -0.472 e. The van der Waals surface area contributed by atoms with E-state index in [1.807, 2.05) is 18.2 Å². The number of ether oxygens (including phenoxy) is 2.